The summed E-state index contributed by atoms with van der Waals surface area (Å²) in [6.07, 6.45) is 0. The van der Waals surface area contributed by atoms with Crippen LogP contribution < -0.4 is 0 Å². The first-order valence-electron chi connectivity index (χ1n) is 15.5. The Labute approximate surface area is 268 Å². The van der Waals surface area contributed by atoms with Crippen molar-refractivity contribution in [3.63, 3.8) is 0 Å². The third-order valence-corrected chi connectivity index (χ3v) is 10.4. The predicted octanol–water partition coefficient (Wildman–Crippen LogP) is 11.6. The van der Waals surface area contributed by atoms with Crippen LogP contribution >= 0.6 is 11.3 Å². The number of para-hydroxylation sites is 2. The lowest BCUT2D eigenvalue weighted by atomic mass is 9.94. The van der Waals surface area contributed by atoms with Crippen LogP contribution in [0.2, 0.25) is 0 Å². The summed E-state index contributed by atoms with van der Waals surface area (Å²) < 4.78 is 4.89. The van der Waals surface area contributed by atoms with Gasteiger partial charge in [0.15, 0.2) is 0 Å². The van der Waals surface area contributed by atoms with Crippen molar-refractivity contribution in [3.8, 4) is 28.3 Å². The molecule has 0 aliphatic rings. The van der Waals surface area contributed by atoms with Gasteiger partial charge in [0.1, 0.15) is 0 Å². The van der Waals surface area contributed by atoms with Gasteiger partial charge in [-0.2, -0.15) is 0 Å². The summed E-state index contributed by atoms with van der Waals surface area (Å²) in [6, 6.07) is 54.1. The van der Waals surface area contributed by atoms with E-state index in [0.29, 0.717) is 5.95 Å². The molecule has 0 bridgehead atoms. The Kier molecular flexibility index (Phi) is 5.45. The minimum Gasteiger partial charge on any atom is -0.278 e. The summed E-state index contributed by atoms with van der Waals surface area (Å²) in [7, 11) is 0. The molecule has 46 heavy (non-hydrogen) atoms. The molecule has 0 spiro atoms. The van der Waals surface area contributed by atoms with Gasteiger partial charge in [0.25, 0.3) is 0 Å². The Morgan fingerprint density at radius 2 is 1.13 bits per heavy atom. The van der Waals surface area contributed by atoms with Crippen LogP contribution in [0.4, 0.5) is 0 Å². The van der Waals surface area contributed by atoms with E-state index in [-0.39, 0.29) is 0 Å². The van der Waals surface area contributed by atoms with Crippen molar-refractivity contribution < 1.29 is 0 Å². The molecule has 0 saturated heterocycles. The van der Waals surface area contributed by atoms with Gasteiger partial charge in [-0.1, -0.05) is 127 Å². The lowest BCUT2D eigenvalue weighted by molar-refractivity contribution is 1.01. The number of benzene rings is 7. The molecule has 3 heterocycles. The third-order valence-electron chi connectivity index (χ3n) is 9.21. The molecular weight excluding hydrogens is 579 g/mol. The maximum Gasteiger partial charge on any atom is 0.235 e. The molecule has 0 saturated carbocycles. The van der Waals surface area contributed by atoms with Gasteiger partial charge in [0.2, 0.25) is 5.95 Å². The largest absolute Gasteiger partial charge is 0.278 e. The summed E-state index contributed by atoms with van der Waals surface area (Å²) >= 11 is 1.87. The molecule has 0 unspecified atom stereocenters. The maximum absolute atomic E-state index is 5.33. The summed E-state index contributed by atoms with van der Waals surface area (Å²) in [6.45, 7) is 0. The lowest BCUT2D eigenvalue weighted by Gasteiger charge is -2.14. The summed E-state index contributed by atoms with van der Waals surface area (Å²) in [4.78, 5) is 10.5. The highest BCUT2D eigenvalue weighted by Gasteiger charge is 2.21. The third kappa shape index (κ3) is 3.65. The van der Waals surface area contributed by atoms with E-state index < -0.39 is 0 Å². The Morgan fingerprint density at radius 1 is 0.457 bits per heavy atom. The van der Waals surface area contributed by atoms with Gasteiger partial charge < -0.3 is 0 Å². The fourth-order valence-electron chi connectivity index (χ4n) is 7.21. The van der Waals surface area contributed by atoms with Gasteiger partial charge in [-0.15, -0.1) is 11.3 Å². The second kappa shape index (κ2) is 9.83. The van der Waals surface area contributed by atoms with Crippen molar-refractivity contribution in [1.29, 1.82) is 0 Å². The Morgan fingerprint density at radius 3 is 2.00 bits per heavy atom. The Balaban J connectivity index is 1.36. The zero-order valence-corrected chi connectivity index (χ0v) is 25.5. The van der Waals surface area contributed by atoms with Crippen molar-refractivity contribution in [1.82, 2.24) is 14.5 Å². The number of thiophene rings is 1. The zero-order chi connectivity index (χ0) is 30.2. The fraction of sp³-hybridized carbons (Fsp3) is 0. The molecular formula is C42H25N3S. The van der Waals surface area contributed by atoms with Crippen LogP contribution in [-0.4, -0.2) is 14.5 Å². The Hall–Kier alpha value is -5.84. The van der Waals surface area contributed by atoms with Crippen molar-refractivity contribution in [2.45, 2.75) is 0 Å². The van der Waals surface area contributed by atoms with Gasteiger partial charge in [0.05, 0.1) is 22.2 Å². The van der Waals surface area contributed by atoms with Crippen molar-refractivity contribution in [3.05, 3.63) is 152 Å². The molecule has 3 aromatic heterocycles. The average molecular weight is 604 g/mol. The van der Waals surface area contributed by atoms with Crippen LogP contribution in [0.25, 0.3) is 92.0 Å². The monoisotopic (exact) mass is 603 g/mol. The zero-order valence-electron chi connectivity index (χ0n) is 24.7. The van der Waals surface area contributed by atoms with E-state index in [1.807, 2.05) is 17.4 Å². The van der Waals surface area contributed by atoms with Crippen LogP contribution in [-0.2, 0) is 0 Å². The van der Waals surface area contributed by atoms with E-state index in [4.69, 9.17) is 9.97 Å². The van der Waals surface area contributed by atoms with Crippen LogP contribution in [0.1, 0.15) is 0 Å². The van der Waals surface area contributed by atoms with Crippen LogP contribution in [0.3, 0.4) is 0 Å². The molecule has 10 aromatic rings. The molecule has 0 aliphatic carbocycles. The molecule has 0 amide bonds. The minimum absolute atomic E-state index is 0.671. The summed E-state index contributed by atoms with van der Waals surface area (Å²) in [5, 5.41) is 8.53. The molecule has 10 rings (SSSR count). The molecule has 0 atom stereocenters. The van der Waals surface area contributed by atoms with E-state index in [1.54, 1.807) is 0 Å². The number of fused-ring (bicyclic) bond motifs is 9. The molecule has 4 heteroatoms. The fourth-order valence-corrected chi connectivity index (χ4v) is 8.44. The molecule has 214 valence electrons. The number of hydrogen-bond acceptors (Lipinski definition) is 3. The van der Waals surface area contributed by atoms with E-state index in [9.17, 15) is 0 Å². The van der Waals surface area contributed by atoms with Crippen LogP contribution in [0.15, 0.2) is 152 Å². The molecule has 0 fully saturated rings. The number of aromatic nitrogens is 3. The first kappa shape index (κ1) is 25.5. The van der Waals surface area contributed by atoms with E-state index in [1.165, 1.54) is 52.8 Å². The number of rotatable bonds is 3. The van der Waals surface area contributed by atoms with Crippen LogP contribution in [0, 0.1) is 0 Å². The number of hydrogen-bond donors (Lipinski definition) is 0. The van der Waals surface area contributed by atoms with Gasteiger partial charge in [-0.3, -0.25) is 4.57 Å². The second-order valence-electron chi connectivity index (χ2n) is 11.8. The van der Waals surface area contributed by atoms with E-state index in [0.717, 1.165) is 33.2 Å². The molecule has 7 aromatic carbocycles. The molecule has 0 N–H and O–H groups in total. The standard InChI is InChI=1S/C42H25N3S/c1-2-13-26(14-3-1)40-32-18-6-9-22-35(32)43-42(44-40)45-36-23-10-7-19-33(36)39-29-17-5-4-15-27(29)34(25-37(39)45)31-21-12-20-30-28-16-8-11-24-38(28)46-41(30)31/h1-25H. The molecule has 0 radical (unpaired) electrons. The summed E-state index contributed by atoms with van der Waals surface area (Å²) in [5.74, 6) is 0.671. The highest BCUT2D eigenvalue weighted by Crippen LogP contribution is 2.45. The molecule has 0 aliphatic heterocycles. The first-order chi connectivity index (χ1) is 22.8. The highest BCUT2D eigenvalue weighted by molar-refractivity contribution is 7.26. The smallest absolute Gasteiger partial charge is 0.235 e. The predicted molar refractivity (Wildman–Crippen MR) is 195 cm³/mol. The van der Waals surface area contributed by atoms with Crippen molar-refractivity contribution >= 4 is 75.0 Å². The van der Waals surface area contributed by atoms with Crippen LogP contribution in [0.5, 0.6) is 0 Å². The van der Waals surface area contributed by atoms with Gasteiger partial charge in [-0.25, -0.2) is 9.97 Å². The number of nitrogens with zero attached hydrogens (tertiary/aromatic N) is 3. The quantitative estimate of drug-likeness (QED) is 0.201. The SMILES string of the molecule is c1ccc(-c2nc(-n3c4ccccc4c4c5ccccc5c(-c5cccc6c5sc5ccccc56)cc43)nc3ccccc23)cc1. The maximum atomic E-state index is 5.33. The lowest BCUT2D eigenvalue weighted by Crippen LogP contribution is -2.03. The summed E-state index contributed by atoms with van der Waals surface area (Å²) in [5.41, 5.74) is 7.59. The molecule has 3 nitrogen and oxygen atoms in total. The van der Waals surface area contributed by atoms with E-state index in [2.05, 4.69) is 150 Å². The highest BCUT2D eigenvalue weighted by atomic mass is 32.1. The second-order valence-corrected chi connectivity index (χ2v) is 12.8. The minimum atomic E-state index is 0.671. The first-order valence-corrected chi connectivity index (χ1v) is 16.3. The van der Waals surface area contributed by atoms with Crippen molar-refractivity contribution in [2.75, 3.05) is 0 Å². The average Bonchev–Trinajstić information content (AvgIpc) is 3.67. The van der Waals surface area contributed by atoms with Crippen molar-refractivity contribution in [2.24, 2.45) is 0 Å². The van der Waals surface area contributed by atoms with Gasteiger partial charge >= 0.3 is 0 Å². The topological polar surface area (TPSA) is 30.7 Å². The Bertz CT molecular complexity index is 2810. The van der Waals surface area contributed by atoms with E-state index >= 15 is 0 Å². The van der Waals surface area contributed by atoms with Gasteiger partial charge in [0, 0.05) is 47.5 Å². The van der Waals surface area contributed by atoms with Gasteiger partial charge in [-0.05, 0) is 40.6 Å². The normalized spacial score (nSPS) is 11.9.